The van der Waals surface area contributed by atoms with Gasteiger partial charge in [0.05, 0.1) is 5.41 Å². The van der Waals surface area contributed by atoms with Crippen molar-refractivity contribution in [3.8, 4) is 0 Å². The zero-order chi connectivity index (χ0) is 17.2. The maximum atomic E-state index is 12.1. The molecule has 1 atom stereocenters. The molecular weight excluding hydrogens is 380 g/mol. The molecule has 4 aliphatic carbocycles. The molecule has 1 aromatic heterocycles. The van der Waals surface area contributed by atoms with Gasteiger partial charge in [0.1, 0.15) is 0 Å². The van der Waals surface area contributed by atoms with E-state index >= 15 is 0 Å². The number of halogens is 1. The molecule has 5 aliphatic rings. The first-order valence-electron chi connectivity index (χ1n) is 9.40. The first-order chi connectivity index (χ1) is 12.0. The van der Waals surface area contributed by atoms with Crippen LogP contribution in [-0.2, 0) is 4.79 Å². The van der Waals surface area contributed by atoms with Crippen LogP contribution in [0.5, 0.6) is 0 Å². The molecule has 0 radical (unpaired) electrons. The molecule has 0 aromatic carbocycles. The van der Waals surface area contributed by atoms with Gasteiger partial charge in [-0.2, -0.15) is 0 Å². The van der Waals surface area contributed by atoms with Crippen molar-refractivity contribution in [3.05, 3.63) is 28.5 Å². The molecule has 1 unspecified atom stereocenters. The molecular formula is C19H25BrN4O. The number of carbonyl (C=O) groups excluding carboxylic acids is 1. The molecule has 5 nitrogen and oxygen atoms in total. The van der Waals surface area contributed by atoms with E-state index in [4.69, 9.17) is 5.73 Å². The van der Waals surface area contributed by atoms with Gasteiger partial charge in [0, 0.05) is 61.0 Å². The lowest BCUT2D eigenvalue weighted by molar-refractivity contribution is -0.235. The number of hydrogen-bond acceptors (Lipinski definition) is 4. The lowest BCUT2D eigenvalue weighted by Crippen LogP contribution is -2.76. The van der Waals surface area contributed by atoms with Gasteiger partial charge in [-0.25, -0.2) is 0 Å². The van der Waals surface area contributed by atoms with Crippen LogP contribution in [0, 0.1) is 10.8 Å². The molecule has 2 heterocycles. The second-order valence-corrected chi connectivity index (χ2v) is 9.53. The van der Waals surface area contributed by atoms with Crippen LogP contribution in [0.15, 0.2) is 22.8 Å². The van der Waals surface area contributed by atoms with Crippen LogP contribution in [0.1, 0.15) is 37.3 Å². The van der Waals surface area contributed by atoms with E-state index in [9.17, 15) is 4.79 Å². The summed E-state index contributed by atoms with van der Waals surface area (Å²) in [6, 6.07) is 4.88. The normalized spacial score (nSPS) is 38.0. The number of pyridine rings is 1. The number of nitrogens with two attached hydrogens (primary N) is 1. The highest BCUT2D eigenvalue weighted by Gasteiger charge is 2.78. The lowest BCUT2D eigenvalue weighted by Gasteiger charge is -2.75. The van der Waals surface area contributed by atoms with Crippen LogP contribution >= 0.6 is 15.9 Å². The van der Waals surface area contributed by atoms with Crippen molar-refractivity contribution in [1.29, 1.82) is 0 Å². The maximum Gasteiger partial charge on any atom is 0.224 e. The maximum absolute atomic E-state index is 12.1. The van der Waals surface area contributed by atoms with Crippen molar-refractivity contribution >= 4 is 21.8 Å². The van der Waals surface area contributed by atoms with Gasteiger partial charge in [0.2, 0.25) is 5.91 Å². The van der Waals surface area contributed by atoms with Gasteiger partial charge in [-0.3, -0.25) is 14.7 Å². The number of piperazine rings is 1. The Labute approximate surface area is 157 Å². The van der Waals surface area contributed by atoms with Gasteiger partial charge in [-0.05, 0) is 43.2 Å². The topological polar surface area (TPSA) is 62.5 Å². The molecule has 1 amide bonds. The number of rotatable bonds is 5. The fourth-order valence-electron chi connectivity index (χ4n) is 5.80. The summed E-state index contributed by atoms with van der Waals surface area (Å²) in [5, 5.41) is 0. The molecule has 2 N–H and O–H groups in total. The number of amides is 1. The van der Waals surface area contributed by atoms with Crippen molar-refractivity contribution in [2.75, 3.05) is 32.7 Å². The molecule has 134 valence electrons. The minimum Gasteiger partial charge on any atom is -0.369 e. The molecule has 5 fully saturated rings. The molecule has 0 spiro atoms. The van der Waals surface area contributed by atoms with Crippen molar-refractivity contribution in [2.24, 2.45) is 16.6 Å². The summed E-state index contributed by atoms with van der Waals surface area (Å²) in [6.45, 7) is 5.78. The first kappa shape index (κ1) is 16.2. The smallest absolute Gasteiger partial charge is 0.224 e. The molecule has 6 rings (SSSR count). The van der Waals surface area contributed by atoms with E-state index in [-0.39, 0.29) is 22.7 Å². The summed E-state index contributed by atoms with van der Waals surface area (Å²) >= 11 is 3.54. The van der Waals surface area contributed by atoms with Crippen LogP contribution in [0.2, 0.25) is 0 Å². The van der Waals surface area contributed by atoms with Crippen LogP contribution in [0.25, 0.3) is 0 Å². The van der Waals surface area contributed by atoms with Gasteiger partial charge in [0.15, 0.2) is 0 Å². The standard InChI is InChI=1S/C19H25BrN4O/c20-13-3-4-22-15(9-13)16-18(10-19(16,11-18)17(21)25)12-23-5-7-24(8-6-23)14-1-2-14/h3-4,9,14,16H,1-2,5-8,10-12H2,(H2,21,25). The van der Waals surface area contributed by atoms with Crippen molar-refractivity contribution in [3.63, 3.8) is 0 Å². The van der Waals surface area contributed by atoms with Crippen LogP contribution in [-0.4, -0.2) is 59.5 Å². The highest BCUT2D eigenvalue weighted by Crippen LogP contribution is 2.80. The van der Waals surface area contributed by atoms with Crippen LogP contribution < -0.4 is 5.73 Å². The Morgan fingerprint density at radius 1 is 1.28 bits per heavy atom. The van der Waals surface area contributed by atoms with E-state index in [0.717, 1.165) is 48.7 Å². The van der Waals surface area contributed by atoms with Gasteiger partial charge >= 0.3 is 0 Å². The van der Waals surface area contributed by atoms with E-state index in [1.54, 1.807) is 0 Å². The number of hydrogen-bond donors (Lipinski definition) is 1. The van der Waals surface area contributed by atoms with E-state index in [0.29, 0.717) is 0 Å². The second-order valence-electron chi connectivity index (χ2n) is 8.61. The molecule has 1 saturated heterocycles. The summed E-state index contributed by atoms with van der Waals surface area (Å²) in [5.74, 6) is 0.0520. The Hall–Kier alpha value is -0.980. The SMILES string of the molecule is NC(=O)C12CC(CN3CCN(C4CC4)CC3)(C1)C2c1cc(Br)ccn1. The quantitative estimate of drug-likeness (QED) is 0.814. The third-order valence-corrected chi connectivity index (χ3v) is 7.53. The fourth-order valence-corrected chi connectivity index (χ4v) is 6.16. The zero-order valence-corrected chi connectivity index (χ0v) is 16.0. The molecule has 25 heavy (non-hydrogen) atoms. The highest BCUT2D eigenvalue weighted by atomic mass is 79.9. The van der Waals surface area contributed by atoms with E-state index in [2.05, 4.69) is 36.8 Å². The Morgan fingerprint density at radius 2 is 2.00 bits per heavy atom. The number of nitrogens with zero attached hydrogens (tertiary/aromatic N) is 3. The molecule has 1 aliphatic heterocycles. The third kappa shape index (κ3) is 2.41. The molecule has 6 heteroatoms. The fraction of sp³-hybridized carbons (Fsp3) is 0.684. The largest absolute Gasteiger partial charge is 0.369 e. The summed E-state index contributed by atoms with van der Waals surface area (Å²) < 4.78 is 1.02. The van der Waals surface area contributed by atoms with E-state index in [1.165, 1.54) is 25.9 Å². The summed E-state index contributed by atoms with van der Waals surface area (Å²) in [6.07, 6.45) is 6.49. The predicted octanol–water partition coefficient (Wildman–Crippen LogP) is 1.97. The molecule has 1 aromatic rings. The van der Waals surface area contributed by atoms with Crippen molar-refractivity contribution in [2.45, 2.75) is 37.6 Å². The van der Waals surface area contributed by atoms with Gasteiger partial charge in [-0.15, -0.1) is 0 Å². The lowest BCUT2D eigenvalue weighted by atomic mass is 9.28. The average molecular weight is 405 g/mol. The third-order valence-electron chi connectivity index (χ3n) is 7.04. The molecule has 2 bridgehead atoms. The number of carbonyl (C=O) groups is 1. The monoisotopic (exact) mass is 404 g/mol. The van der Waals surface area contributed by atoms with Gasteiger partial charge in [0.25, 0.3) is 0 Å². The number of aromatic nitrogens is 1. The van der Waals surface area contributed by atoms with Gasteiger partial charge in [-0.1, -0.05) is 15.9 Å². The summed E-state index contributed by atoms with van der Waals surface area (Å²) in [5.41, 5.74) is 6.67. The number of primary amides is 1. The first-order valence-corrected chi connectivity index (χ1v) is 10.2. The Kier molecular flexibility index (Phi) is 3.57. The predicted molar refractivity (Wildman–Crippen MR) is 99.0 cm³/mol. The Morgan fingerprint density at radius 3 is 2.60 bits per heavy atom. The van der Waals surface area contributed by atoms with E-state index in [1.807, 2.05) is 12.3 Å². The van der Waals surface area contributed by atoms with E-state index < -0.39 is 0 Å². The van der Waals surface area contributed by atoms with Crippen LogP contribution in [0.3, 0.4) is 0 Å². The summed E-state index contributed by atoms with van der Waals surface area (Å²) in [4.78, 5) is 22.0. The Balaban J connectivity index is 1.32. The minimum atomic E-state index is -0.344. The zero-order valence-electron chi connectivity index (χ0n) is 14.5. The van der Waals surface area contributed by atoms with Crippen LogP contribution in [0.4, 0.5) is 0 Å². The van der Waals surface area contributed by atoms with Gasteiger partial charge < -0.3 is 10.6 Å². The average Bonchev–Trinajstić information content (AvgIpc) is 3.35. The van der Waals surface area contributed by atoms with Crippen molar-refractivity contribution < 1.29 is 4.79 Å². The minimum absolute atomic E-state index is 0.139. The highest BCUT2D eigenvalue weighted by molar-refractivity contribution is 9.10. The van der Waals surface area contributed by atoms with Crippen molar-refractivity contribution in [1.82, 2.24) is 14.8 Å². The Bertz CT molecular complexity index is 705. The second kappa shape index (κ2) is 5.51. The molecule has 4 saturated carbocycles. The summed E-state index contributed by atoms with van der Waals surface area (Å²) in [7, 11) is 0.